The third-order valence-corrected chi connectivity index (χ3v) is 3.82. The van der Waals surface area contributed by atoms with Gasteiger partial charge in [0.05, 0.1) is 11.1 Å². The van der Waals surface area contributed by atoms with Gasteiger partial charge >= 0.3 is 6.18 Å². The van der Waals surface area contributed by atoms with Crippen molar-refractivity contribution < 1.29 is 18.0 Å². The molecule has 1 aromatic rings. The van der Waals surface area contributed by atoms with Crippen molar-refractivity contribution in [3.63, 3.8) is 0 Å². The van der Waals surface area contributed by atoms with E-state index in [-0.39, 0.29) is 17.5 Å². The summed E-state index contributed by atoms with van der Waals surface area (Å²) in [6, 6.07) is 3.78. The maximum Gasteiger partial charge on any atom is 0.417 e. The van der Waals surface area contributed by atoms with Crippen molar-refractivity contribution in [3.8, 4) is 0 Å². The molecule has 0 N–H and O–H groups in total. The lowest BCUT2D eigenvalue weighted by molar-refractivity contribution is -0.138. The van der Waals surface area contributed by atoms with Crippen LogP contribution in [0.5, 0.6) is 0 Å². The number of hydrogen-bond acceptors (Lipinski definition) is 1. The molecule has 0 saturated heterocycles. The number of alkyl halides is 3. The van der Waals surface area contributed by atoms with Crippen LogP contribution in [0.15, 0.2) is 22.7 Å². The molecule has 0 spiro atoms. The molecule has 6 heteroatoms. The third-order valence-electron chi connectivity index (χ3n) is 3.33. The molecule has 2 nitrogen and oxygen atoms in total. The normalized spacial score (nSPS) is 15.4. The van der Waals surface area contributed by atoms with Crippen molar-refractivity contribution in [1.82, 2.24) is 4.90 Å². The van der Waals surface area contributed by atoms with E-state index in [9.17, 15) is 18.0 Å². The molecule has 1 aliphatic rings. The van der Waals surface area contributed by atoms with Gasteiger partial charge in [-0.25, -0.2) is 0 Å². The van der Waals surface area contributed by atoms with Gasteiger partial charge < -0.3 is 4.90 Å². The Bertz CT molecular complexity index is 538. The first-order valence-electron chi connectivity index (χ1n) is 6.88. The fourth-order valence-electron chi connectivity index (χ4n) is 2.27. The maximum atomic E-state index is 13.1. The minimum atomic E-state index is -4.54. The topological polar surface area (TPSA) is 20.3 Å². The largest absolute Gasteiger partial charge is 0.417 e. The van der Waals surface area contributed by atoms with Crippen LogP contribution >= 0.6 is 15.9 Å². The summed E-state index contributed by atoms with van der Waals surface area (Å²) in [5.41, 5.74) is -1.14. The Hall–Kier alpha value is -1.04. The highest BCUT2D eigenvalue weighted by Gasteiger charge is 2.39. The van der Waals surface area contributed by atoms with Gasteiger partial charge in [-0.15, -0.1) is 0 Å². The lowest BCUT2D eigenvalue weighted by atomic mass is 10.0. The van der Waals surface area contributed by atoms with Crippen molar-refractivity contribution >= 4 is 21.8 Å². The molecule has 1 saturated carbocycles. The van der Waals surface area contributed by atoms with E-state index in [1.165, 1.54) is 12.1 Å². The molecule has 0 aliphatic heterocycles. The van der Waals surface area contributed by atoms with E-state index in [0.717, 1.165) is 18.9 Å². The van der Waals surface area contributed by atoms with Crippen LogP contribution in [0.1, 0.15) is 42.6 Å². The van der Waals surface area contributed by atoms with Crippen LogP contribution in [0.3, 0.4) is 0 Å². The first kappa shape index (κ1) is 16.3. The molecule has 0 bridgehead atoms. The highest BCUT2D eigenvalue weighted by molar-refractivity contribution is 9.10. The number of rotatable bonds is 4. The van der Waals surface area contributed by atoms with Gasteiger partial charge in [0.15, 0.2) is 0 Å². The quantitative estimate of drug-likeness (QED) is 0.757. The van der Waals surface area contributed by atoms with Gasteiger partial charge in [0.1, 0.15) is 0 Å². The maximum absolute atomic E-state index is 13.1. The molecule has 1 fully saturated rings. The van der Waals surface area contributed by atoms with Gasteiger partial charge in [-0.1, -0.05) is 29.8 Å². The van der Waals surface area contributed by atoms with Crippen LogP contribution < -0.4 is 0 Å². The monoisotopic (exact) mass is 363 g/mol. The SMILES string of the molecule is CC(C)CN(C(=O)c1ccc(Br)cc1C(F)(F)F)C1CC1. The van der Waals surface area contributed by atoms with Crippen molar-refractivity contribution in [2.24, 2.45) is 5.92 Å². The Labute approximate surface area is 130 Å². The van der Waals surface area contributed by atoms with E-state index < -0.39 is 17.6 Å². The molecular formula is C15H17BrF3NO. The lowest BCUT2D eigenvalue weighted by Crippen LogP contribution is -2.37. The number of halogens is 4. The Morgan fingerprint density at radius 2 is 2.00 bits per heavy atom. The number of carbonyl (C=O) groups is 1. The average molecular weight is 364 g/mol. The number of carbonyl (C=O) groups excluding carboxylic acids is 1. The van der Waals surface area contributed by atoms with Gasteiger partial charge in [-0.3, -0.25) is 4.79 Å². The lowest BCUT2D eigenvalue weighted by Gasteiger charge is -2.26. The summed E-state index contributed by atoms with van der Waals surface area (Å²) in [6.07, 6.45) is -2.80. The number of amides is 1. The molecule has 1 aromatic carbocycles. The number of nitrogens with zero attached hydrogens (tertiary/aromatic N) is 1. The van der Waals surface area contributed by atoms with E-state index >= 15 is 0 Å². The van der Waals surface area contributed by atoms with Crippen molar-refractivity contribution in [3.05, 3.63) is 33.8 Å². The summed E-state index contributed by atoms with van der Waals surface area (Å²) < 4.78 is 39.7. The minimum absolute atomic E-state index is 0.0876. The molecular weight excluding hydrogens is 347 g/mol. The first-order chi connectivity index (χ1) is 9.70. The van der Waals surface area contributed by atoms with Crippen LogP contribution in [0.4, 0.5) is 13.2 Å². The number of benzene rings is 1. The summed E-state index contributed by atoms with van der Waals surface area (Å²) in [5, 5.41) is 0. The van der Waals surface area contributed by atoms with Crippen LogP contribution in [0, 0.1) is 5.92 Å². The highest BCUT2D eigenvalue weighted by atomic mass is 79.9. The number of hydrogen-bond donors (Lipinski definition) is 0. The van der Waals surface area contributed by atoms with Crippen LogP contribution in [-0.4, -0.2) is 23.4 Å². The van der Waals surface area contributed by atoms with Crippen molar-refractivity contribution in [2.75, 3.05) is 6.54 Å². The summed E-state index contributed by atoms with van der Waals surface area (Å²) in [5.74, 6) is -0.301. The van der Waals surface area contributed by atoms with Gasteiger partial charge in [0.2, 0.25) is 0 Å². The van der Waals surface area contributed by atoms with Crippen LogP contribution in [-0.2, 0) is 6.18 Å². The molecule has 0 radical (unpaired) electrons. The first-order valence-corrected chi connectivity index (χ1v) is 7.67. The van der Waals surface area contributed by atoms with Gasteiger partial charge in [0.25, 0.3) is 5.91 Å². The van der Waals surface area contributed by atoms with Gasteiger partial charge in [0, 0.05) is 17.1 Å². The van der Waals surface area contributed by atoms with E-state index in [2.05, 4.69) is 15.9 Å². The minimum Gasteiger partial charge on any atom is -0.335 e. The van der Waals surface area contributed by atoms with E-state index in [4.69, 9.17) is 0 Å². The summed E-state index contributed by atoms with van der Waals surface area (Å²) >= 11 is 3.03. The Morgan fingerprint density at radius 3 is 2.48 bits per heavy atom. The molecule has 21 heavy (non-hydrogen) atoms. The Morgan fingerprint density at radius 1 is 1.38 bits per heavy atom. The molecule has 0 unspecified atom stereocenters. The van der Waals surface area contributed by atoms with Crippen LogP contribution in [0.25, 0.3) is 0 Å². The second-order valence-corrected chi connectivity index (χ2v) is 6.69. The van der Waals surface area contributed by atoms with Crippen molar-refractivity contribution in [2.45, 2.75) is 38.9 Å². The standard InChI is InChI=1S/C15H17BrF3NO/c1-9(2)8-20(11-4-5-11)14(21)12-6-3-10(16)7-13(12)15(17,18)19/h3,6-7,9,11H,4-5,8H2,1-2H3. The van der Waals surface area contributed by atoms with Gasteiger partial charge in [-0.2, -0.15) is 13.2 Å². The molecule has 116 valence electrons. The van der Waals surface area contributed by atoms with E-state index in [0.29, 0.717) is 11.0 Å². The second kappa shape index (κ2) is 5.99. The molecule has 0 heterocycles. The molecule has 1 amide bonds. The third kappa shape index (κ3) is 3.99. The second-order valence-electron chi connectivity index (χ2n) is 5.77. The predicted octanol–water partition coefficient (Wildman–Crippen LogP) is 4.73. The molecule has 0 atom stereocenters. The van der Waals surface area contributed by atoms with E-state index in [1.807, 2.05) is 13.8 Å². The zero-order valence-corrected chi connectivity index (χ0v) is 13.5. The fourth-order valence-corrected chi connectivity index (χ4v) is 2.63. The summed E-state index contributed by atoms with van der Waals surface area (Å²) in [7, 11) is 0. The molecule has 1 aliphatic carbocycles. The summed E-state index contributed by atoms with van der Waals surface area (Å²) in [4.78, 5) is 14.1. The Kier molecular flexibility index (Phi) is 4.66. The van der Waals surface area contributed by atoms with E-state index in [1.54, 1.807) is 4.90 Å². The fraction of sp³-hybridized carbons (Fsp3) is 0.533. The average Bonchev–Trinajstić information content (AvgIpc) is 3.18. The summed E-state index contributed by atoms with van der Waals surface area (Å²) in [6.45, 7) is 4.39. The van der Waals surface area contributed by atoms with Crippen molar-refractivity contribution in [1.29, 1.82) is 0 Å². The molecule has 2 rings (SSSR count). The smallest absolute Gasteiger partial charge is 0.335 e. The highest BCUT2D eigenvalue weighted by Crippen LogP contribution is 2.36. The zero-order chi connectivity index (χ0) is 15.8. The predicted molar refractivity (Wildman–Crippen MR) is 78.0 cm³/mol. The van der Waals surface area contributed by atoms with Crippen LogP contribution in [0.2, 0.25) is 0 Å². The molecule has 0 aromatic heterocycles. The van der Waals surface area contributed by atoms with Gasteiger partial charge in [-0.05, 0) is 37.0 Å². The zero-order valence-electron chi connectivity index (χ0n) is 11.9. The Balaban J connectivity index is 2.37.